The molecule has 1 heterocycles. The average Bonchev–Trinajstić information content (AvgIpc) is 2.84. The number of furan rings is 1. The Morgan fingerprint density at radius 1 is 1.50 bits per heavy atom. The van der Waals surface area contributed by atoms with Crippen molar-refractivity contribution in [2.24, 2.45) is 17.1 Å². The molecule has 4 heteroatoms. The average molecular weight is 316 g/mol. The summed E-state index contributed by atoms with van der Waals surface area (Å²) in [5.41, 5.74) is 5.75. The first kappa shape index (κ1) is 14.1. The maximum absolute atomic E-state index is 10.6. The molecule has 0 saturated heterocycles. The van der Waals surface area contributed by atoms with Crippen LogP contribution in [0.15, 0.2) is 21.2 Å². The second kappa shape index (κ2) is 5.76. The van der Waals surface area contributed by atoms with Crippen LogP contribution in [0.1, 0.15) is 50.9 Å². The molecule has 2 rings (SSSR count). The third-order valence-electron chi connectivity index (χ3n) is 4.53. The molecular formula is C14H22BrNO2. The lowest BCUT2D eigenvalue weighted by molar-refractivity contribution is -0.0233. The van der Waals surface area contributed by atoms with Gasteiger partial charge in [-0.3, -0.25) is 0 Å². The van der Waals surface area contributed by atoms with E-state index < -0.39 is 6.10 Å². The van der Waals surface area contributed by atoms with Gasteiger partial charge in [0.2, 0.25) is 0 Å². The minimum Gasteiger partial charge on any atom is -0.452 e. The van der Waals surface area contributed by atoms with Gasteiger partial charge in [0.25, 0.3) is 0 Å². The second-order valence-corrected chi connectivity index (χ2v) is 6.24. The van der Waals surface area contributed by atoms with Crippen LogP contribution in [0.2, 0.25) is 0 Å². The van der Waals surface area contributed by atoms with E-state index >= 15 is 0 Å². The predicted octanol–water partition coefficient (Wildman–Crippen LogP) is 3.62. The fourth-order valence-corrected chi connectivity index (χ4v) is 3.35. The van der Waals surface area contributed by atoms with Crippen molar-refractivity contribution >= 4 is 15.9 Å². The molecule has 18 heavy (non-hydrogen) atoms. The third-order valence-corrected chi connectivity index (χ3v) is 4.95. The molecule has 1 atom stereocenters. The highest BCUT2D eigenvalue weighted by atomic mass is 79.9. The van der Waals surface area contributed by atoms with Crippen LogP contribution in [0.25, 0.3) is 0 Å². The van der Waals surface area contributed by atoms with Gasteiger partial charge in [-0.05, 0) is 59.7 Å². The number of aliphatic hydroxyl groups is 1. The van der Waals surface area contributed by atoms with Crippen molar-refractivity contribution in [3.8, 4) is 0 Å². The van der Waals surface area contributed by atoms with Crippen LogP contribution >= 0.6 is 15.9 Å². The first-order valence-corrected chi connectivity index (χ1v) is 7.54. The van der Waals surface area contributed by atoms with Gasteiger partial charge in [0.05, 0.1) is 0 Å². The molecule has 0 aliphatic heterocycles. The summed E-state index contributed by atoms with van der Waals surface area (Å²) in [7, 11) is 0. The molecule has 0 radical (unpaired) electrons. The van der Waals surface area contributed by atoms with Crippen molar-refractivity contribution in [3.63, 3.8) is 0 Å². The van der Waals surface area contributed by atoms with Crippen LogP contribution in [0.4, 0.5) is 0 Å². The summed E-state index contributed by atoms with van der Waals surface area (Å²) in [5.74, 6) is 1.42. The minimum atomic E-state index is -0.591. The van der Waals surface area contributed by atoms with E-state index in [1.165, 1.54) is 6.42 Å². The quantitative estimate of drug-likeness (QED) is 0.892. The Bertz CT molecular complexity index is 383. The topological polar surface area (TPSA) is 59.4 Å². The van der Waals surface area contributed by atoms with Crippen molar-refractivity contribution in [2.75, 3.05) is 6.54 Å². The first-order chi connectivity index (χ1) is 8.61. The molecule has 1 fully saturated rings. The summed E-state index contributed by atoms with van der Waals surface area (Å²) >= 11 is 3.28. The van der Waals surface area contributed by atoms with Gasteiger partial charge in [0, 0.05) is 12.0 Å². The molecule has 1 aliphatic rings. The fraction of sp³-hybridized carbons (Fsp3) is 0.714. The number of halogens is 1. The summed E-state index contributed by atoms with van der Waals surface area (Å²) < 4.78 is 6.15. The zero-order valence-electron chi connectivity index (χ0n) is 10.9. The van der Waals surface area contributed by atoms with E-state index in [0.29, 0.717) is 17.0 Å². The molecular weight excluding hydrogens is 294 g/mol. The zero-order chi connectivity index (χ0) is 13.2. The summed E-state index contributed by atoms with van der Waals surface area (Å²) in [4.78, 5) is 0. The van der Waals surface area contributed by atoms with Crippen LogP contribution in [0.5, 0.6) is 0 Å². The molecule has 1 saturated carbocycles. The summed E-state index contributed by atoms with van der Waals surface area (Å²) in [6.45, 7) is 2.75. The van der Waals surface area contributed by atoms with E-state index in [2.05, 4.69) is 22.9 Å². The molecule has 1 unspecified atom stereocenters. The number of nitrogens with two attached hydrogens (primary N) is 1. The highest BCUT2D eigenvalue weighted by Crippen LogP contribution is 2.47. The minimum absolute atomic E-state index is 0.205. The highest BCUT2D eigenvalue weighted by molar-refractivity contribution is 9.10. The molecule has 1 aromatic heterocycles. The van der Waals surface area contributed by atoms with Crippen LogP contribution in [-0.2, 0) is 0 Å². The monoisotopic (exact) mass is 315 g/mol. The van der Waals surface area contributed by atoms with Gasteiger partial charge in [0.1, 0.15) is 11.9 Å². The standard InChI is InChI=1S/C14H22BrNO2/c1-2-10-5-7-14(9-16,8-6-10)13(17)11-3-4-12(15)18-11/h3-4,10,13,17H,2,5-9,16H2,1H3. The van der Waals surface area contributed by atoms with E-state index in [-0.39, 0.29) is 5.41 Å². The van der Waals surface area contributed by atoms with Gasteiger partial charge in [-0.15, -0.1) is 0 Å². The largest absolute Gasteiger partial charge is 0.452 e. The van der Waals surface area contributed by atoms with Crippen molar-refractivity contribution < 1.29 is 9.52 Å². The van der Waals surface area contributed by atoms with Crippen LogP contribution in [-0.4, -0.2) is 11.7 Å². The molecule has 0 spiro atoms. The third kappa shape index (κ3) is 2.65. The Hall–Kier alpha value is -0.320. The van der Waals surface area contributed by atoms with E-state index in [1.807, 2.05) is 12.1 Å². The van der Waals surface area contributed by atoms with E-state index in [1.54, 1.807) is 0 Å². The molecule has 1 aliphatic carbocycles. The Morgan fingerprint density at radius 2 is 2.17 bits per heavy atom. The van der Waals surface area contributed by atoms with E-state index in [0.717, 1.165) is 31.6 Å². The molecule has 0 bridgehead atoms. The number of hydrogen-bond donors (Lipinski definition) is 2. The van der Waals surface area contributed by atoms with Gasteiger partial charge in [-0.25, -0.2) is 0 Å². The molecule has 0 amide bonds. The van der Waals surface area contributed by atoms with Crippen LogP contribution in [0, 0.1) is 11.3 Å². The van der Waals surface area contributed by atoms with Gasteiger partial charge >= 0.3 is 0 Å². The molecule has 1 aromatic rings. The van der Waals surface area contributed by atoms with Crippen LogP contribution in [0.3, 0.4) is 0 Å². The summed E-state index contributed by atoms with van der Waals surface area (Å²) in [6.07, 6.45) is 4.93. The fourth-order valence-electron chi connectivity index (χ4n) is 3.03. The SMILES string of the molecule is CCC1CCC(CN)(C(O)c2ccc(Br)o2)CC1. The highest BCUT2D eigenvalue weighted by Gasteiger charge is 2.41. The smallest absolute Gasteiger partial charge is 0.169 e. The van der Waals surface area contributed by atoms with E-state index in [9.17, 15) is 5.11 Å². The number of aliphatic hydroxyl groups excluding tert-OH is 1. The van der Waals surface area contributed by atoms with Crippen molar-refractivity contribution in [2.45, 2.75) is 45.1 Å². The molecule has 3 nitrogen and oxygen atoms in total. The zero-order valence-corrected chi connectivity index (χ0v) is 12.4. The van der Waals surface area contributed by atoms with Gasteiger partial charge in [-0.2, -0.15) is 0 Å². The summed E-state index contributed by atoms with van der Waals surface area (Å²) in [5, 5.41) is 10.6. The Balaban J connectivity index is 2.13. The molecule has 102 valence electrons. The summed E-state index contributed by atoms with van der Waals surface area (Å²) in [6, 6.07) is 3.65. The Labute approximate surface area is 117 Å². The molecule has 0 aromatic carbocycles. The normalized spacial score (nSPS) is 30.3. The Morgan fingerprint density at radius 3 is 2.61 bits per heavy atom. The predicted molar refractivity (Wildman–Crippen MR) is 75.1 cm³/mol. The second-order valence-electron chi connectivity index (χ2n) is 5.46. The maximum atomic E-state index is 10.6. The lowest BCUT2D eigenvalue weighted by Gasteiger charge is -2.41. The van der Waals surface area contributed by atoms with E-state index in [4.69, 9.17) is 10.2 Å². The van der Waals surface area contributed by atoms with Gasteiger partial charge < -0.3 is 15.3 Å². The number of rotatable bonds is 4. The van der Waals surface area contributed by atoms with Crippen molar-refractivity contribution in [1.82, 2.24) is 0 Å². The molecule has 3 N–H and O–H groups in total. The maximum Gasteiger partial charge on any atom is 0.169 e. The van der Waals surface area contributed by atoms with Crippen LogP contribution < -0.4 is 5.73 Å². The van der Waals surface area contributed by atoms with Gasteiger partial charge in [0.15, 0.2) is 4.67 Å². The first-order valence-electron chi connectivity index (χ1n) is 6.74. The Kier molecular flexibility index (Phi) is 4.51. The number of hydrogen-bond acceptors (Lipinski definition) is 3. The lowest BCUT2D eigenvalue weighted by Crippen LogP contribution is -2.40. The van der Waals surface area contributed by atoms with Crippen molar-refractivity contribution in [3.05, 3.63) is 22.6 Å². The lowest BCUT2D eigenvalue weighted by atomic mass is 9.66. The van der Waals surface area contributed by atoms with Gasteiger partial charge in [-0.1, -0.05) is 13.3 Å². The van der Waals surface area contributed by atoms with Crippen molar-refractivity contribution in [1.29, 1.82) is 0 Å².